The summed E-state index contributed by atoms with van der Waals surface area (Å²) in [6.07, 6.45) is 0. The van der Waals surface area contributed by atoms with Gasteiger partial charge in [0.15, 0.2) is 13.1 Å². The van der Waals surface area contributed by atoms with Crippen molar-refractivity contribution in [2.24, 2.45) is 0 Å². The summed E-state index contributed by atoms with van der Waals surface area (Å²) in [4.78, 5) is 35.8. The van der Waals surface area contributed by atoms with Crippen LogP contribution in [0.3, 0.4) is 0 Å². The highest BCUT2D eigenvalue weighted by molar-refractivity contribution is 6.05. The monoisotopic (exact) mass is 401 g/mol. The first-order valence-corrected chi connectivity index (χ1v) is 8.93. The molecule has 2 aromatic carbocycles. The van der Waals surface area contributed by atoms with E-state index in [-0.39, 0.29) is 30.8 Å². The van der Waals surface area contributed by atoms with Crippen molar-refractivity contribution < 1.29 is 29.2 Å². The molecule has 0 fully saturated rings. The van der Waals surface area contributed by atoms with E-state index in [1.54, 1.807) is 41.7 Å². The Hall–Kier alpha value is -3.59. The third-order valence-electron chi connectivity index (χ3n) is 4.02. The van der Waals surface area contributed by atoms with Crippen molar-refractivity contribution in [3.8, 4) is 11.5 Å². The van der Waals surface area contributed by atoms with Gasteiger partial charge in [0.1, 0.15) is 11.5 Å². The smallest absolute Gasteiger partial charge is 0.279 e. The van der Waals surface area contributed by atoms with Crippen LogP contribution in [-0.4, -0.2) is 52.1 Å². The molecule has 0 radical (unpaired) electrons. The molecule has 0 aliphatic carbocycles. The second-order valence-corrected chi connectivity index (χ2v) is 5.99. The molecule has 0 aromatic heterocycles. The van der Waals surface area contributed by atoms with Gasteiger partial charge in [-0.3, -0.25) is 14.4 Å². The molecule has 29 heavy (non-hydrogen) atoms. The van der Waals surface area contributed by atoms with Crippen molar-refractivity contribution >= 4 is 29.1 Å². The average molecular weight is 401 g/mol. The van der Waals surface area contributed by atoms with Gasteiger partial charge in [-0.2, -0.15) is 0 Å². The summed E-state index contributed by atoms with van der Waals surface area (Å²) in [7, 11) is 4.45. The van der Waals surface area contributed by atoms with Crippen LogP contribution in [0.2, 0.25) is 0 Å². The zero-order valence-corrected chi connectivity index (χ0v) is 16.6. The van der Waals surface area contributed by atoms with Crippen molar-refractivity contribution in [2.45, 2.75) is 0 Å². The van der Waals surface area contributed by atoms with E-state index >= 15 is 0 Å². The minimum atomic E-state index is -0.310. The summed E-state index contributed by atoms with van der Waals surface area (Å²) in [5.41, 5.74) is 1.29. The van der Waals surface area contributed by atoms with Crippen molar-refractivity contribution in [2.75, 3.05) is 45.0 Å². The van der Waals surface area contributed by atoms with Crippen LogP contribution in [0.15, 0.2) is 42.5 Å². The highest BCUT2D eigenvalue weighted by Gasteiger charge is 2.16. The highest BCUT2D eigenvalue weighted by atomic mass is 16.5. The normalized spacial score (nSPS) is 10.0. The van der Waals surface area contributed by atoms with Crippen LogP contribution in [0.5, 0.6) is 11.5 Å². The maximum Gasteiger partial charge on any atom is 0.279 e. The zero-order valence-electron chi connectivity index (χ0n) is 16.6. The Labute approximate surface area is 168 Å². The molecule has 0 aliphatic heterocycles. The van der Waals surface area contributed by atoms with Crippen molar-refractivity contribution in [3.63, 3.8) is 0 Å². The molecule has 3 amide bonds. The molecule has 0 saturated heterocycles. The van der Waals surface area contributed by atoms with Crippen LogP contribution in [0.4, 0.5) is 11.4 Å². The molecule has 0 atom stereocenters. The number of anilines is 2. The highest BCUT2D eigenvalue weighted by Crippen LogP contribution is 2.36. The van der Waals surface area contributed by atoms with Crippen LogP contribution in [0, 0.1) is 0 Å². The molecule has 9 nitrogen and oxygen atoms in total. The molecule has 2 rings (SSSR count). The maximum absolute atomic E-state index is 12.4. The average Bonchev–Trinajstić information content (AvgIpc) is 2.74. The number of nitrogens with two attached hydrogens (primary N) is 1. The molecule has 0 heterocycles. The number of amides is 3. The second kappa shape index (κ2) is 10.7. The van der Waals surface area contributed by atoms with E-state index in [4.69, 9.17) is 9.47 Å². The Kier molecular flexibility index (Phi) is 7.99. The fraction of sp³-hybridized carbons (Fsp3) is 0.250. The molecule has 0 saturated carbocycles. The number of benzene rings is 2. The number of methoxy groups -OCH3 is 2. The lowest BCUT2D eigenvalue weighted by Crippen LogP contribution is -2.88. The Balaban J connectivity index is 2.13. The van der Waals surface area contributed by atoms with E-state index in [1.807, 2.05) is 6.07 Å². The SMILES string of the molecule is CNC(=O)C[NH2+]CC(=O)Nc1cc(OC)c(NC(=O)c2ccccc2)cc1OC. The predicted molar refractivity (Wildman–Crippen MR) is 108 cm³/mol. The zero-order chi connectivity index (χ0) is 21.2. The molecular weight excluding hydrogens is 376 g/mol. The number of nitrogens with one attached hydrogen (secondary N) is 3. The van der Waals surface area contributed by atoms with Crippen LogP contribution in [0.25, 0.3) is 0 Å². The number of ether oxygens (including phenoxy) is 2. The summed E-state index contributed by atoms with van der Waals surface area (Å²) < 4.78 is 10.7. The molecule has 154 valence electrons. The number of quaternary nitrogens is 1. The van der Waals surface area contributed by atoms with Crippen molar-refractivity contribution in [1.82, 2.24) is 5.32 Å². The summed E-state index contributed by atoms with van der Waals surface area (Å²) in [6, 6.07) is 11.9. The molecule has 0 bridgehead atoms. The standard InChI is InChI=1S/C20H24N4O5/c1-21-18(25)11-22-12-19(26)23-14-9-17(29-3)15(10-16(14)28-2)24-20(27)13-7-5-4-6-8-13/h4-10,22H,11-12H2,1-3H3,(H,21,25)(H,23,26)(H,24,27)/p+1. The van der Waals surface area contributed by atoms with E-state index in [9.17, 15) is 14.4 Å². The number of rotatable bonds is 9. The topological polar surface area (TPSA) is 122 Å². The van der Waals surface area contributed by atoms with Gasteiger partial charge in [0.2, 0.25) is 0 Å². The fourth-order valence-electron chi connectivity index (χ4n) is 2.51. The largest absolute Gasteiger partial charge is 0.494 e. The van der Waals surface area contributed by atoms with Gasteiger partial charge < -0.3 is 30.7 Å². The van der Waals surface area contributed by atoms with E-state index in [0.29, 0.717) is 28.4 Å². The number of hydrogen-bond donors (Lipinski definition) is 4. The van der Waals surface area contributed by atoms with Gasteiger partial charge in [0.25, 0.3) is 17.7 Å². The molecule has 2 aromatic rings. The van der Waals surface area contributed by atoms with Gasteiger partial charge in [0, 0.05) is 24.7 Å². The Morgan fingerprint density at radius 3 is 1.97 bits per heavy atom. The lowest BCUT2D eigenvalue weighted by molar-refractivity contribution is -0.632. The summed E-state index contributed by atoms with van der Waals surface area (Å²) in [5, 5.41) is 9.56. The van der Waals surface area contributed by atoms with E-state index in [2.05, 4.69) is 16.0 Å². The fourth-order valence-corrected chi connectivity index (χ4v) is 2.51. The number of hydrogen-bond acceptors (Lipinski definition) is 5. The number of likely N-dealkylation sites (N-methyl/N-ethyl adjacent to an activating group) is 1. The van der Waals surface area contributed by atoms with Crippen LogP contribution in [-0.2, 0) is 9.59 Å². The quantitative estimate of drug-likeness (QED) is 0.478. The molecule has 0 aliphatic rings. The first-order chi connectivity index (χ1) is 14.0. The van der Waals surface area contributed by atoms with Gasteiger partial charge >= 0.3 is 0 Å². The van der Waals surface area contributed by atoms with Gasteiger partial charge in [-0.25, -0.2) is 0 Å². The van der Waals surface area contributed by atoms with Crippen LogP contribution in [0.1, 0.15) is 10.4 Å². The summed E-state index contributed by atoms with van der Waals surface area (Å²) in [5.74, 6) is -0.0639. The minimum Gasteiger partial charge on any atom is -0.494 e. The van der Waals surface area contributed by atoms with Crippen molar-refractivity contribution in [3.05, 3.63) is 48.0 Å². The Morgan fingerprint density at radius 1 is 0.862 bits per heavy atom. The lowest BCUT2D eigenvalue weighted by atomic mass is 10.2. The van der Waals surface area contributed by atoms with E-state index in [0.717, 1.165) is 0 Å². The molecule has 0 spiro atoms. The molecule has 9 heteroatoms. The molecular formula is C20H25N4O5+. The van der Waals surface area contributed by atoms with Crippen LogP contribution < -0.4 is 30.7 Å². The number of carbonyl (C=O) groups is 3. The second-order valence-electron chi connectivity index (χ2n) is 5.99. The van der Waals surface area contributed by atoms with Gasteiger partial charge in [-0.15, -0.1) is 0 Å². The lowest BCUT2D eigenvalue weighted by Gasteiger charge is -2.16. The predicted octanol–water partition coefficient (Wildman–Crippen LogP) is 0.204. The first kappa shape index (κ1) is 21.7. The van der Waals surface area contributed by atoms with Gasteiger partial charge in [-0.05, 0) is 12.1 Å². The maximum atomic E-state index is 12.4. The third-order valence-corrected chi connectivity index (χ3v) is 4.02. The minimum absolute atomic E-state index is 0.0609. The van der Waals surface area contributed by atoms with E-state index in [1.165, 1.54) is 21.3 Å². The number of carbonyl (C=O) groups excluding carboxylic acids is 3. The van der Waals surface area contributed by atoms with Crippen LogP contribution >= 0.6 is 0 Å². The molecule has 5 N–H and O–H groups in total. The van der Waals surface area contributed by atoms with Gasteiger partial charge in [0.05, 0.1) is 25.6 Å². The first-order valence-electron chi connectivity index (χ1n) is 8.93. The van der Waals surface area contributed by atoms with E-state index < -0.39 is 0 Å². The third kappa shape index (κ3) is 6.22. The Bertz CT molecular complexity index is 871. The summed E-state index contributed by atoms with van der Waals surface area (Å²) in [6.45, 7) is 0.209. The Morgan fingerprint density at radius 2 is 1.41 bits per heavy atom. The molecule has 0 unspecified atom stereocenters. The summed E-state index contributed by atoms with van der Waals surface area (Å²) >= 11 is 0. The van der Waals surface area contributed by atoms with Gasteiger partial charge in [-0.1, -0.05) is 18.2 Å². The van der Waals surface area contributed by atoms with Crippen molar-refractivity contribution in [1.29, 1.82) is 0 Å².